The van der Waals surface area contributed by atoms with E-state index >= 15 is 0 Å². The van der Waals surface area contributed by atoms with Crippen molar-refractivity contribution in [1.29, 1.82) is 0 Å². The first-order valence-electron chi connectivity index (χ1n) is 5.88. The monoisotopic (exact) mass is 282 g/mol. The molecule has 1 N–H and O–H groups in total. The highest BCUT2D eigenvalue weighted by Crippen LogP contribution is 2.38. The molecule has 2 aromatic carbocycles. The molecular formula is C15H13F3O2. The first kappa shape index (κ1) is 14.2. The van der Waals surface area contributed by atoms with E-state index in [1.54, 1.807) is 19.1 Å². The summed E-state index contributed by atoms with van der Waals surface area (Å²) in [7, 11) is 1.40. The molecular weight excluding hydrogens is 269 g/mol. The maximum Gasteiger partial charge on any atom is 0.416 e. The van der Waals surface area contributed by atoms with Crippen molar-refractivity contribution in [3.05, 3.63) is 47.5 Å². The maximum atomic E-state index is 12.8. The van der Waals surface area contributed by atoms with Crippen LogP contribution in [0.2, 0.25) is 0 Å². The third kappa shape index (κ3) is 2.71. The van der Waals surface area contributed by atoms with Gasteiger partial charge in [0, 0.05) is 5.56 Å². The first-order valence-corrected chi connectivity index (χ1v) is 5.88. The predicted molar refractivity (Wildman–Crippen MR) is 69.8 cm³/mol. The Kier molecular flexibility index (Phi) is 3.61. The van der Waals surface area contributed by atoms with Gasteiger partial charge in [-0.3, -0.25) is 0 Å². The highest BCUT2D eigenvalue weighted by atomic mass is 19.4. The molecule has 0 spiro atoms. The standard InChI is InChI=1S/C15H13F3O2/c1-9-7-10(3-5-13(9)19)12-8-11(15(16,17)18)4-6-14(12)20-2/h3-8,19H,1-2H3. The van der Waals surface area contributed by atoms with Gasteiger partial charge in [-0.05, 0) is 48.4 Å². The van der Waals surface area contributed by atoms with E-state index in [-0.39, 0.29) is 5.75 Å². The molecule has 0 aliphatic carbocycles. The van der Waals surface area contributed by atoms with Crippen LogP contribution in [0.1, 0.15) is 11.1 Å². The van der Waals surface area contributed by atoms with Gasteiger partial charge in [0.15, 0.2) is 0 Å². The van der Waals surface area contributed by atoms with Crippen molar-refractivity contribution in [2.45, 2.75) is 13.1 Å². The SMILES string of the molecule is COc1ccc(C(F)(F)F)cc1-c1ccc(O)c(C)c1. The molecule has 0 bridgehead atoms. The fourth-order valence-corrected chi connectivity index (χ4v) is 1.93. The van der Waals surface area contributed by atoms with Crippen molar-refractivity contribution in [1.82, 2.24) is 0 Å². The first-order chi connectivity index (χ1) is 9.32. The molecule has 0 fully saturated rings. The van der Waals surface area contributed by atoms with Gasteiger partial charge in [0.05, 0.1) is 12.7 Å². The number of methoxy groups -OCH3 is 1. The van der Waals surface area contributed by atoms with E-state index < -0.39 is 11.7 Å². The number of phenolic OH excluding ortho intramolecular Hbond substituents is 1. The zero-order chi connectivity index (χ0) is 14.9. The smallest absolute Gasteiger partial charge is 0.416 e. The molecule has 5 heteroatoms. The Morgan fingerprint density at radius 2 is 1.75 bits per heavy atom. The Labute approximate surface area is 114 Å². The average molecular weight is 282 g/mol. The minimum absolute atomic E-state index is 0.0969. The summed E-state index contributed by atoms with van der Waals surface area (Å²) in [6.07, 6.45) is -4.41. The summed E-state index contributed by atoms with van der Waals surface area (Å²) < 4.78 is 43.5. The Hall–Kier alpha value is -2.17. The lowest BCUT2D eigenvalue weighted by molar-refractivity contribution is -0.137. The molecule has 0 aliphatic rings. The summed E-state index contributed by atoms with van der Waals surface area (Å²) >= 11 is 0. The van der Waals surface area contributed by atoms with Gasteiger partial charge in [-0.1, -0.05) is 6.07 Å². The van der Waals surface area contributed by atoms with E-state index in [1.165, 1.54) is 19.2 Å². The predicted octanol–water partition coefficient (Wildman–Crippen LogP) is 4.40. The highest BCUT2D eigenvalue weighted by Gasteiger charge is 2.31. The topological polar surface area (TPSA) is 29.5 Å². The summed E-state index contributed by atoms with van der Waals surface area (Å²) in [4.78, 5) is 0. The van der Waals surface area contributed by atoms with Crippen LogP contribution in [0.15, 0.2) is 36.4 Å². The molecule has 0 aromatic heterocycles. The van der Waals surface area contributed by atoms with Crippen LogP contribution in [0.3, 0.4) is 0 Å². The molecule has 2 aromatic rings. The second-order valence-corrected chi connectivity index (χ2v) is 4.41. The van der Waals surface area contributed by atoms with Gasteiger partial charge < -0.3 is 9.84 Å². The van der Waals surface area contributed by atoms with Crippen LogP contribution < -0.4 is 4.74 Å². The lowest BCUT2D eigenvalue weighted by Gasteiger charge is -2.13. The van der Waals surface area contributed by atoms with E-state index in [1.807, 2.05) is 0 Å². The van der Waals surface area contributed by atoms with Gasteiger partial charge in [-0.15, -0.1) is 0 Å². The second-order valence-electron chi connectivity index (χ2n) is 4.41. The Balaban J connectivity index is 2.61. The van der Waals surface area contributed by atoms with E-state index in [9.17, 15) is 18.3 Å². The molecule has 0 heterocycles. The van der Waals surface area contributed by atoms with Gasteiger partial charge in [0.2, 0.25) is 0 Å². The van der Waals surface area contributed by atoms with Crippen molar-refractivity contribution >= 4 is 0 Å². The van der Waals surface area contributed by atoms with E-state index in [4.69, 9.17) is 4.74 Å². The number of aryl methyl sites for hydroxylation is 1. The molecule has 0 saturated carbocycles. The number of phenols is 1. The van der Waals surface area contributed by atoms with Crippen LogP contribution in [-0.4, -0.2) is 12.2 Å². The molecule has 0 atom stereocenters. The Bertz CT molecular complexity index is 634. The van der Waals surface area contributed by atoms with Gasteiger partial charge in [-0.2, -0.15) is 13.2 Å². The van der Waals surface area contributed by atoms with Crippen molar-refractivity contribution in [3.8, 4) is 22.6 Å². The molecule has 0 aliphatic heterocycles. The van der Waals surface area contributed by atoms with E-state index in [0.717, 1.165) is 12.1 Å². The molecule has 0 radical (unpaired) electrons. The van der Waals surface area contributed by atoms with Crippen molar-refractivity contribution in [2.24, 2.45) is 0 Å². The summed E-state index contributed by atoms with van der Waals surface area (Å²) in [6.45, 7) is 1.68. The quantitative estimate of drug-likeness (QED) is 0.885. The van der Waals surface area contributed by atoms with E-state index in [2.05, 4.69) is 0 Å². The van der Waals surface area contributed by atoms with Crippen LogP contribution in [0.4, 0.5) is 13.2 Å². The zero-order valence-electron chi connectivity index (χ0n) is 11.0. The molecule has 0 saturated heterocycles. The number of rotatable bonds is 2. The van der Waals surface area contributed by atoms with Gasteiger partial charge in [0.1, 0.15) is 11.5 Å². The summed E-state index contributed by atoms with van der Waals surface area (Å²) in [5.74, 6) is 0.447. The summed E-state index contributed by atoms with van der Waals surface area (Å²) in [5, 5.41) is 9.49. The minimum Gasteiger partial charge on any atom is -0.508 e. The summed E-state index contributed by atoms with van der Waals surface area (Å²) in [6, 6.07) is 7.94. The zero-order valence-corrected chi connectivity index (χ0v) is 11.0. The largest absolute Gasteiger partial charge is 0.508 e. The van der Waals surface area contributed by atoms with Crippen LogP contribution >= 0.6 is 0 Å². The number of benzene rings is 2. The van der Waals surface area contributed by atoms with Crippen LogP contribution in [-0.2, 0) is 6.18 Å². The molecule has 2 nitrogen and oxygen atoms in total. The number of halogens is 3. The molecule has 2 rings (SSSR count). The van der Waals surface area contributed by atoms with Crippen LogP contribution in [0.5, 0.6) is 11.5 Å². The number of alkyl halides is 3. The van der Waals surface area contributed by atoms with Crippen LogP contribution in [0.25, 0.3) is 11.1 Å². The third-order valence-electron chi connectivity index (χ3n) is 3.03. The molecule has 0 amide bonds. The average Bonchev–Trinajstić information content (AvgIpc) is 2.40. The van der Waals surface area contributed by atoms with Gasteiger partial charge >= 0.3 is 6.18 Å². The maximum absolute atomic E-state index is 12.8. The number of hydrogen-bond acceptors (Lipinski definition) is 2. The van der Waals surface area contributed by atoms with Crippen molar-refractivity contribution in [2.75, 3.05) is 7.11 Å². The lowest BCUT2D eigenvalue weighted by Crippen LogP contribution is -2.05. The highest BCUT2D eigenvalue weighted by molar-refractivity contribution is 5.72. The van der Waals surface area contributed by atoms with Crippen LogP contribution in [0, 0.1) is 6.92 Å². The van der Waals surface area contributed by atoms with Gasteiger partial charge in [-0.25, -0.2) is 0 Å². The van der Waals surface area contributed by atoms with Crippen molar-refractivity contribution in [3.63, 3.8) is 0 Å². The minimum atomic E-state index is -4.41. The second kappa shape index (κ2) is 5.07. The summed E-state index contributed by atoms with van der Waals surface area (Å²) in [5.41, 5.74) is 0.745. The number of ether oxygens (including phenoxy) is 1. The van der Waals surface area contributed by atoms with Crippen molar-refractivity contribution < 1.29 is 23.0 Å². The molecule has 106 valence electrons. The fraction of sp³-hybridized carbons (Fsp3) is 0.200. The number of aromatic hydroxyl groups is 1. The third-order valence-corrected chi connectivity index (χ3v) is 3.03. The van der Waals surface area contributed by atoms with E-state index in [0.29, 0.717) is 22.4 Å². The van der Waals surface area contributed by atoms with Gasteiger partial charge in [0.25, 0.3) is 0 Å². The molecule has 0 unspecified atom stereocenters. The number of hydrogen-bond donors (Lipinski definition) is 1. The molecule has 20 heavy (non-hydrogen) atoms. The Morgan fingerprint density at radius 3 is 2.30 bits per heavy atom. The normalized spacial score (nSPS) is 11.4. The lowest BCUT2D eigenvalue weighted by atomic mass is 9.99. The fourth-order valence-electron chi connectivity index (χ4n) is 1.93. The Morgan fingerprint density at radius 1 is 1.05 bits per heavy atom.